The summed E-state index contributed by atoms with van der Waals surface area (Å²) in [5, 5.41) is 22.9. The van der Waals surface area contributed by atoms with E-state index in [4.69, 9.17) is 5.11 Å². The number of carbonyl (C=O) groups excluding carboxylic acids is 1. The van der Waals surface area contributed by atoms with Crippen LogP contribution >= 0.6 is 0 Å². The smallest absolute Gasteiger partial charge is 0.360 e. The Morgan fingerprint density at radius 3 is 2.62 bits per heavy atom. The zero-order valence-electron chi connectivity index (χ0n) is 14.0. The summed E-state index contributed by atoms with van der Waals surface area (Å²) < 4.78 is 6.23. The maximum absolute atomic E-state index is 11.9. The first kappa shape index (κ1) is 17.6. The molecular formula is C15H21N5O4. The highest BCUT2D eigenvalue weighted by Gasteiger charge is 2.16. The maximum atomic E-state index is 11.9. The van der Waals surface area contributed by atoms with Crippen molar-refractivity contribution in [2.24, 2.45) is 7.05 Å². The van der Waals surface area contributed by atoms with Gasteiger partial charge in [0.15, 0.2) is 0 Å². The molecule has 0 bridgehead atoms. The summed E-state index contributed by atoms with van der Waals surface area (Å²) in [4.78, 5) is 22.8. The molecule has 0 saturated carbocycles. The fraction of sp³-hybridized carbons (Fsp3) is 0.533. The van der Waals surface area contributed by atoms with Gasteiger partial charge in [-0.2, -0.15) is 5.10 Å². The third-order valence-corrected chi connectivity index (χ3v) is 3.93. The molecule has 9 nitrogen and oxygen atoms in total. The molecule has 0 unspecified atom stereocenters. The number of amides is 1. The molecule has 0 fully saturated rings. The highest BCUT2D eigenvalue weighted by Crippen LogP contribution is 2.13. The number of hydrogen-bond donors (Lipinski definition) is 2. The van der Waals surface area contributed by atoms with E-state index < -0.39 is 5.97 Å². The second kappa shape index (κ2) is 7.71. The molecule has 1 amide bonds. The third-order valence-electron chi connectivity index (χ3n) is 3.93. The van der Waals surface area contributed by atoms with E-state index in [0.29, 0.717) is 37.9 Å². The van der Waals surface area contributed by atoms with Crippen LogP contribution in [0.2, 0.25) is 0 Å². The summed E-state index contributed by atoms with van der Waals surface area (Å²) in [5.41, 5.74) is 3.23. The van der Waals surface area contributed by atoms with Gasteiger partial charge in [0.05, 0.1) is 5.69 Å². The van der Waals surface area contributed by atoms with Crippen LogP contribution in [0.25, 0.3) is 0 Å². The number of nitrogens with one attached hydrogen (secondary N) is 1. The van der Waals surface area contributed by atoms with Crippen molar-refractivity contribution in [2.45, 2.75) is 39.5 Å². The van der Waals surface area contributed by atoms with E-state index in [1.54, 1.807) is 0 Å². The summed E-state index contributed by atoms with van der Waals surface area (Å²) in [6.07, 6.45) is 1.98. The van der Waals surface area contributed by atoms with Crippen LogP contribution in [0.4, 0.5) is 0 Å². The molecule has 2 aromatic heterocycles. The molecule has 2 heterocycles. The van der Waals surface area contributed by atoms with Crippen LogP contribution in [0, 0.1) is 13.8 Å². The van der Waals surface area contributed by atoms with Crippen LogP contribution in [0.5, 0.6) is 0 Å². The van der Waals surface area contributed by atoms with Crippen molar-refractivity contribution >= 4 is 11.9 Å². The lowest BCUT2D eigenvalue weighted by atomic mass is 10.1. The molecule has 2 aromatic rings. The lowest BCUT2D eigenvalue weighted by Crippen LogP contribution is -2.25. The third kappa shape index (κ3) is 4.18. The Morgan fingerprint density at radius 2 is 2.00 bits per heavy atom. The lowest BCUT2D eigenvalue weighted by molar-refractivity contribution is -0.121. The van der Waals surface area contributed by atoms with Crippen LogP contribution in [0.3, 0.4) is 0 Å². The number of nitrogens with zero attached hydrogens (tertiary/aromatic N) is 4. The minimum Gasteiger partial charge on any atom is -0.476 e. The lowest BCUT2D eigenvalue weighted by Gasteiger charge is -2.05. The van der Waals surface area contributed by atoms with Crippen molar-refractivity contribution in [1.29, 1.82) is 0 Å². The first-order chi connectivity index (χ1) is 11.4. The van der Waals surface area contributed by atoms with Gasteiger partial charge in [0.2, 0.25) is 11.6 Å². The van der Waals surface area contributed by atoms with Gasteiger partial charge in [-0.15, -0.1) is 0 Å². The number of rotatable bonds is 8. The summed E-state index contributed by atoms with van der Waals surface area (Å²) in [7, 11) is 1.88. The topological polar surface area (TPSA) is 123 Å². The number of aryl methyl sites for hydroxylation is 3. The zero-order valence-corrected chi connectivity index (χ0v) is 14.0. The van der Waals surface area contributed by atoms with Crippen molar-refractivity contribution < 1.29 is 19.3 Å². The van der Waals surface area contributed by atoms with Crippen molar-refractivity contribution in [2.75, 3.05) is 6.54 Å². The first-order valence-electron chi connectivity index (χ1n) is 7.70. The Balaban J connectivity index is 1.72. The average molecular weight is 335 g/mol. The summed E-state index contributed by atoms with van der Waals surface area (Å²) in [6, 6.07) is 0. The number of carboxylic acid groups (broad SMARTS) is 1. The molecular weight excluding hydrogens is 314 g/mol. The standard InChI is InChI=1S/C15H21N5O4/c1-9-11(10(2)20(3)17-9)6-7-13(21)16-8-4-5-12-14(15(22)23)19-24-18-12/h4-8H2,1-3H3,(H,16,21)(H,22,23). The number of aromatic carboxylic acids is 1. The summed E-state index contributed by atoms with van der Waals surface area (Å²) >= 11 is 0. The van der Waals surface area contributed by atoms with Crippen molar-refractivity contribution in [3.05, 3.63) is 28.3 Å². The highest BCUT2D eigenvalue weighted by molar-refractivity contribution is 5.86. The molecule has 130 valence electrons. The number of aromatic nitrogens is 4. The van der Waals surface area contributed by atoms with E-state index >= 15 is 0 Å². The van der Waals surface area contributed by atoms with Gasteiger partial charge in [-0.1, -0.05) is 5.16 Å². The van der Waals surface area contributed by atoms with Gasteiger partial charge in [0, 0.05) is 25.7 Å². The molecule has 0 spiro atoms. The highest BCUT2D eigenvalue weighted by atomic mass is 16.6. The molecule has 0 aromatic carbocycles. The fourth-order valence-electron chi connectivity index (χ4n) is 2.52. The first-order valence-corrected chi connectivity index (χ1v) is 7.70. The molecule has 0 aliphatic rings. The Morgan fingerprint density at radius 1 is 1.25 bits per heavy atom. The Labute approximate surface area is 139 Å². The van der Waals surface area contributed by atoms with Crippen LogP contribution < -0.4 is 5.32 Å². The van der Waals surface area contributed by atoms with E-state index in [-0.39, 0.29) is 11.6 Å². The molecule has 0 aliphatic heterocycles. The van der Waals surface area contributed by atoms with Crippen molar-refractivity contribution in [1.82, 2.24) is 25.4 Å². The number of carboxylic acids is 1. The number of hydrogen-bond acceptors (Lipinski definition) is 6. The monoisotopic (exact) mass is 335 g/mol. The SMILES string of the molecule is Cc1nn(C)c(C)c1CCC(=O)NCCCc1nonc1C(=O)O. The molecule has 9 heteroatoms. The van der Waals surface area contributed by atoms with Crippen molar-refractivity contribution in [3.8, 4) is 0 Å². The second-order valence-corrected chi connectivity index (χ2v) is 5.59. The minimum absolute atomic E-state index is 0.0469. The van der Waals surface area contributed by atoms with Crippen LogP contribution in [-0.2, 0) is 24.7 Å². The second-order valence-electron chi connectivity index (χ2n) is 5.59. The quantitative estimate of drug-likeness (QED) is 0.684. The fourth-order valence-corrected chi connectivity index (χ4v) is 2.52. The Hall–Kier alpha value is -2.71. The predicted molar refractivity (Wildman–Crippen MR) is 83.6 cm³/mol. The minimum atomic E-state index is -1.17. The molecule has 0 saturated heterocycles. The van der Waals surface area contributed by atoms with E-state index in [9.17, 15) is 9.59 Å². The van der Waals surface area contributed by atoms with Gasteiger partial charge in [-0.25, -0.2) is 9.42 Å². The average Bonchev–Trinajstić information content (AvgIpc) is 3.08. The van der Waals surface area contributed by atoms with Crippen LogP contribution in [-0.4, -0.2) is 43.6 Å². The number of carbonyl (C=O) groups is 2. The molecule has 0 radical (unpaired) electrons. The van der Waals surface area contributed by atoms with Crippen LogP contribution in [0.15, 0.2) is 4.63 Å². The molecule has 2 rings (SSSR count). The van der Waals surface area contributed by atoms with Gasteiger partial charge in [-0.05, 0) is 43.8 Å². The Bertz CT molecular complexity index is 734. The zero-order chi connectivity index (χ0) is 17.7. The normalized spacial score (nSPS) is 10.8. The van der Waals surface area contributed by atoms with E-state index in [1.165, 1.54) is 0 Å². The van der Waals surface area contributed by atoms with E-state index in [1.807, 2.05) is 25.6 Å². The van der Waals surface area contributed by atoms with Gasteiger partial charge in [-0.3, -0.25) is 9.48 Å². The van der Waals surface area contributed by atoms with Gasteiger partial charge < -0.3 is 10.4 Å². The van der Waals surface area contributed by atoms with Gasteiger partial charge in [0.25, 0.3) is 0 Å². The van der Waals surface area contributed by atoms with Crippen molar-refractivity contribution in [3.63, 3.8) is 0 Å². The Kier molecular flexibility index (Phi) is 5.67. The predicted octanol–water partition coefficient (Wildman–Crippen LogP) is 0.800. The van der Waals surface area contributed by atoms with Gasteiger partial charge >= 0.3 is 5.97 Å². The maximum Gasteiger partial charge on any atom is 0.360 e. The molecule has 24 heavy (non-hydrogen) atoms. The summed E-state index contributed by atoms with van der Waals surface area (Å²) in [6.45, 7) is 4.36. The largest absolute Gasteiger partial charge is 0.476 e. The molecule has 0 aliphatic carbocycles. The molecule has 0 atom stereocenters. The summed E-state index contributed by atoms with van der Waals surface area (Å²) in [5.74, 6) is -1.22. The van der Waals surface area contributed by atoms with E-state index in [0.717, 1.165) is 17.0 Å². The van der Waals surface area contributed by atoms with E-state index in [2.05, 4.69) is 25.4 Å². The molecule has 2 N–H and O–H groups in total. The van der Waals surface area contributed by atoms with Crippen LogP contribution in [0.1, 0.15) is 46.0 Å². The van der Waals surface area contributed by atoms with Gasteiger partial charge in [0.1, 0.15) is 5.69 Å².